The number of halogens is 1. The minimum atomic E-state index is -0.0918. The summed E-state index contributed by atoms with van der Waals surface area (Å²) in [4.78, 5) is 24.8. The number of nitrogens with zero attached hydrogens (tertiary/aromatic N) is 5. The van der Waals surface area contributed by atoms with Crippen molar-refractivity contribution in [3.8, 4) is 16.9 Å². The summed E-state index contributed by atoms with van der Waals surface area (Å²) >= 11 is 0. The molecule has 0 amide bonds. The Morgan fingerprint density at radius 3 is 2.72 bits per heavy atom. The van der Waals surface area contributed by atoms with Crippen LogP contribution in [0.4, 0.5) is 0 Å². The fourth-order valence-corrected chi connectivity index (χ4v) is 5.33. The highest BCUT2D eigenvalue weighted by atomic mass is 35.5. The minimum Gasteiger partial charge on any atom is -0.332 e. The molecule has 1 unspecified atom stereocenters. The van der Waals surface area contributed by atoms with Crippen molar-refractivity contribution in [3.63, 3.8) is 0 Å². The van der Waals surface area contributed by atoms with E-state index in [1.807, 2.05) is 37.4 Å². The number of fused-ring (bicyclic) bond motifs is 5. The Morgan fingerprint density at radius 1 is 1.06 bits per heavy atom. The average Bonchev–Trinajstić information content (AvgIpc) is 3.37. The van der Waals surface area contributed by atoms with Crippen LogP contribution in [0, 0.1) is 6.92 Å². The van der Waals surface area contributed by atoms with Gasteiger partial charge in [0.1, 0.15) is 11.5 Å². The summed E-state index contributed by atoms with van der Waals surface area (Å²) in [6.45, 7) is 4.28. The molecule has 2 aliphatic heterocycles. The molecule has 2 aliphatic rings. The smallest absolute Gasteiger partial charge is 0.256 e. The van der Waals surface area contributed by atoms with Crippen molar-refractivity contribution in [3.05, 3.63) is 76.1 Å². The molecular formula is C25H26ClN5O. The molecule has 0 saturated carbocycles. The highest BCUT2D eigenvalue weighted by Gasteiger charge is 2.35. The van der Waals surface area contributed by atoms with Crippen LogP contribution in [0.1, 0.15) is 35.8 Å². The maximum Gasteiger partial charge on any atom is 0.256 e. The van der Waals surface area contributed by atoms with Gasteiger partial charge in [0.05, 0.1) is 0 Å². The molecule has 0 aromatic carbocycles. The molecule has 7 heteroatoms. The highest BCUT2D eigenvalue weighted by molar-refractivity contribution is 5.85. The summed E-state index contributed by atoms with van der Waals surface area (Å²) in [6.07, 6.45) is 7.17. The molecule has 0 bridgehead atoms. The van der Waals surface area contributed by atoms with Crippen molar-refractivity contribution >= 4 is 23.4 Å². The third-order valence-corrected chi connectivity index (χ3v) is 6.93. The number of aryl methyl sites for hydroxylation is 2. The average molecular weight is 448 g/mol. The van der Waals surface area contributed by atoms with E-state index in [1.54, 1.807) is 16.8 Å². The third kappa shape index (κ3) is 3.17. The van der Waals surface area contributed by atoms with Crippen LogP contribution in [0.2, 0.25) is 0 Å². The quantitative estimate of drug-likeness (QED) is 0.462. The first kappa shape index (κ1) is 20.9. The summed E-state index contributed by atoms with van der Waals surface area (Å²) in [5.41, 5.74) is 6.49. The molecule has 6 rings (SSSR count). The molecule has 164 valence electrons. The van der Waals surface area contributed by atoms with Gasteiger partial charge in [-0.15, -0.1) is 12.4 Å². The van der Waals surface area contributed by atoms with E-state index in [0.717, 1.165) is 35.4 Å². The van der Waals surface area contributed by atoms with Gasteiger partial charge in [-0.1, -0.05) is 6.07 Å². The first-order valence-electron chi connectivity index (χ1n) is 11.0. The molecule has 0 radical (unpaired) electrons. The van der Waals surface area contributed by atoms with E-state index in [-0.39, 0.29) is 18.0 Å². The zero-order valence-corrected chi connectivity index (χ0v) is 19.1. The van der Waals surface area contributed by atoms with Crippen LogP contribution in [0.25, 0.3) is 28.0 Å². The SMILES string of the molecule is Cc1ccc(-c2ccn(-c3ccc4c5c(n(C)c4n3)CCN3CCCC53)c(=O)c2)cn1.Cl. The summed E-state index contributed by atoms with van der Waals surface area (Å²) in [7, 11) is 2.11. The largest absolute Gasteiger partial charge is 0.332 e. The molecule has 0 spiro atoms. The second kappa shape index (κ2) is 7.87. The maximum atomic E-state index is 12.9. The second-order valence-corrected chi connectivity index (χ2v) is 8.72. The van der Waals surface area contributed by atoms with Gasteiger partial charge in [0.2, 0.25) is 0 Å². The molecule has 4 aromatic heterocycles. The molecule has 6 heterocycles. The normalized spacial score (nSPS) is 17.8. The topological polar surface area (TPSA) is 56.0 Å². The van der Waals surface area contributed by atoms with Gasteiger partial charge < -0.3 is 4.57 Å². The summed E-state index contributed by atoms with van der Waals surface area (Å²) in [5.74, 6) is 0.660. The Labute approximate surface area is 192 Å². The lowest BCUT2D eigenvalue weighted by molar-refractivity contribution is 0.242. The van der Waals surface area contributed by atoms with Crippen LogP contribution in [0.15, 0.2) is 53.6 Å². The number of hydrogen-bond donors (Lipinski definition) is 0. The Bertz CT molecular complexity index is 1370. The number of hydrogen-bond acceptors (Lipinski definition) is 4. The van der Waals surface area contributed by atoms with Crippen LogP contribution in [-0.2, 0) is 13.5 Å². The molecule has 4 aromatic rings. The van der Waals surface area contributed by atoms with Gasteiger partial charge in [-0.3, -0.25) is 19.2 Å². The van der Waals surface area contributed by atoms with Crippen LogP contribution in [0.3, 0.4) is 0 Å². The van der Waals surface area contributed by atoms with E-state index in [4.69, 9.17) is 4.98 Å². The van der Waals surface area contributed by atoms with Crippen molar-refractivity contribution in [1.82, 2.24) is 24.0 Å². The van der Waals surface area contributed by atoms with Gasteiger partial charge in [0, 0.05) is 66.9 Å². The molecule has 0 N–H and O–H groups in total. The Morgan fingerprint density at radius 2 is 1.94 bits per heavy atom. The summed E-state index contributed by atoms with van der Waals surface area (Å²) < 4.78 is 3.86. The van der Waals surface area contributed by atoms with Gasteiger partial charge in [-0.05, 0) is 61.7 Å². The Balaban J connectivity index is 0.00000216. The Kier molecular flexibility index (Phi) is 5.14. The molecule has 1 saturated heterocycles. The highest BCUT2D eigenvalue weighted by Crippen LogP contribution is 2.42. The summed E-state index contributed by atoms with van der Waals surface area (Å²) in [6, 6.07) is 12.2. The zero-order valence-electron chi connectivity index (χ0n) is 18.3. The van der Waals surface area contributed by atoms with E-state index in [2.05, 4.69) is 27.6 Å². The predicted molar refractivity (Wildman–Crippen MR) is 129 cm³/mol. The van der Waals surface area contributed by atoms with Crippen molar-refractivity contribution in [2.75, 3.05) is 13.1 Å². The third-order valence-electron chi connectivity index (χ3n) is 6.93. The fraction of sp³-hybridized carbons (Fsp3) is 0.320. The molecule has 32 heavy (non-hydrogen) atoms. The van der Waals surface area contributed by atoms with E-state index < -0.39 is 0 Å². The number of aromatic nitrogens is 4. The Hall–Kier alpha value is -2.96. The van der Waals surface area contributed by atoms with Gasteiger partial charge in [-0.2, -0.15) is 0 Å². The van der Waals surface area contributed by atoms with Crippen LogP contribution >= 0.6 is 12.4 Å². The van der Waals surface area contributed by atoms with Crippen molar-refractivity contribution in [2.45, 2.75) is 32.2 Å². The first-order chi connectivity index (χ1) is 15.1. The molecule has 6 nitrogen and oxygen atoms in total. The zero-order chi connectivity index (χ0) is 21.1. The number of pyridine rings is 3. The molecule has 1 fully saturated rings. The lowest BCUT2D eigenvalue weighted by Gasteiger charge is -2.30. The fourth-order valence-electron chi connectivity index (χ4n) is 5.33. The predicted octanol–water partition coefficient (Wildman–Crippen LogP) is 4.21. The van der Waals surface area contributed by atoms with Crippen LogP contribution in [-0.4, -0.2) is 37.1 Å². The van der Waals surface area contributed by atoms with E-state index in [1.165, 1.54) is 36.0 Å². The molecule has 1 atom stereocenters. The summed E-state index contributed by atoms with van der Waals surface area (Å²) in [5, 5.41) is 1.23. The van der Waals surface area contributed by atoms with Gasteiger partial charge in [0.25, 0.3) is 5.56 Å². The number of rotatable bonds is 2. The van der Waals surface area contributed by atoms with Crippen LogP contribution in [0.5, 0.6) is 0 Å². The maximum absolute atomic E-state index is 12.9. The standard InChI is InChI=1S/C25H25N5O.ClH/c1-16-5-6-18(15-26-16)17-9-13-30(23(31)14-17)22-8-7-19-24-20(28(2)25(19)27-22)10-12-29-11-3-4-21(24)29;/h5-9,13-15,21H,3-4,10-12H2,1-2H3;1H. The second-order valence-electron chi connectivity index (χ2n) is 8.72. The lowest BCUT2D eigenvalue weighted by atomic mass is 9.96. The monoisotopic (exact) mass is 447 g/mol. The van der Waals surface area contributed by atoms with Gasteiger partial charge >= 0.3 is 0 Å². The van der Waals surface area contributed by atoms with Crippen molar-refractivity contribution in [1.29, 1.82) is 0 Å². The minimum absolute atomic E-state index is 0. The molecule has 0 aliphatic carbocycles. The van der Waals surface area contributed by atoms with Crippen molar-refractivity contribution < 1.29 is 0 Å². The van der Waals surface area contributed by atoms with Gasteiger partial charge in [0.15, 0.2) is 0 Å². The van der Waals surface area contributed by atoms with Gasteiger partial charge in [-0.25, -0.2) is 4.98 Å². The van der Waals surface area contributed by atoms with E-state index in [0.29, 0.717) is 11.9 Å². The van der Waals surface area contributed by atoms with Crippen LogP contribution < -0.4 is 5.56 Å². The van der Waals surface area contributed by atoms with E-state index >= 15 is 0 Å². The van der Waals surface area contributed by atoms with Crippen molar-refractivity contribution in [2.24, 2.45) is 7.05 Å². The first-order valence-corrected chi connectivity index (χ1v) is 11.0. The van der Waals surface area contributed by atoms with E-state index in [9.17, 15) is 4.79 Å². The molecular weight excluding hydrogens is 422 g/mol. The lowest BCUT2D eigenvalue weighted by Crippen LogP contribution is -2.31.